The molecule has 2 aliphatic carbocycles. The number of fused-ring (bicyclic) bond motifs is 3. The van der Waals surface area contributed by atoms with Gasteiger partial charge >= 0.3 is 0 Å². The molecule has 2 aromatic heterocycles. The Balaban J connectivity index is 1.67. The van der Waals surface area contributed by atoms with Gasteiger partial charge in [0.05, 0.1) is 17.5 Å². The summed E-state index contributed by atoms with van der Waals surface area (Å²) < 4.78 is 9.91. The highest BCUT2D eigenvalue weighted by Crippen LogP contribution is 2.56. The molecule has 0 aliphatic heterocycles. The second-order valence-corrected chi connectivity index (χ2v) is 9.91. The largest absolute Gasteiger partial charge is 0.374 e. The third kappa shape index (κ3) is 3.23. The first-order valence-corrected chi connectivity index (χ1v) is 12.3. The minimum Gasteiger partial charge on any atom is -0.374 e. The summed E-state index contributed by atoms with van der Waals surface area (Å²) in [5, 5.41) is 4.44. The zero-order valence-corrected chi connectivity index (χ0v) is 20.4. The summed E-state index contributed by atoms with van der Waals surface area (Å²) in [6, 6.07) is 21.1. The van der Waals surface area contributed by atoms with Crippen LogP contribution in [-0.2, 0) is 28.4 Å². The normalized spacial score (nSPS) is 25.8. The fourth-order valence-electron chi connectivity index (χ4n) is 6.55. The number of para-hydroxylation sites is 1. The monoisotopic (exact) mass is 466 g/mol. The summed E-state index contributed by atoms with van der Waals surface area (Å²) in [5.74, 6) is 1.16. The van der Waals surface area contributed by atoms with Gasteiger partial charge in [-0.1, -0.05) is 55.5 Å². The van der Waals surface area contributed by atoms with Gasteiger partial charge in [0.2, 0.25) is 0 Å². The molecule has 0 N–H and O–H groups in total. The van der Waals surface area contributed by atoms with Crippen LogP contribution in [0.5, 0.6) is 0 Å². The van der Waals surface area contributed by atoms with Gasteiger partial charge in [-0.15, -0.1) is 0 Å². The van der Waals surface area contributed by atoms with Crippen molar-refractivity contribution < 1.29 is 9.53 Å². The maximum atomic E-state index is 13.3. The molecular weight excluding hydrogens is 436 g/mol. The molecule has 2 heterocycles. The maximum Gasteiger partial charge on any atom is 0.164 e. The number of carbonyl (C=O) groups excluding carboxylic acids is 1. The number of hydrogen-bond acceptors (Lipinski definition) is 4. The third-order valence-electron chi connectivity index (χ3n) is 8.15. The van der Waals surface area contributed by atoms with E-state index in [2.05, 4.69) is 65.1 Å². The number of aryl methyl sites for hydroxylation is 1. The number of methoxy groups -OCH3 is 1. The van der Waals surface area contributed by atoms with E-state index in [1.807, 2.05) is 36.3 Å². The molecule has 4 atom stereocenters. The number of carbonyl (C=O) groups is 1. The second-order valence-electron chi connectivity index (χ2n) is 9.91. The average Bonchev–Trinajstić information content (AvgIpc) is 3.51. The molecule has 0 bridgehead atoms. The van der Waals surface area contributed by atoms with Crippen molar-refractivity contribution in [2.24, 2.45) is 18.9 Å². The molecule has 0 spiro atoms. The number of rotatable bonds is 4. The molecule has 2 aromatic carbocycles. The van der Waals surface area contributed by atoms with Crippen LogP contribution in [0.4, 0.5) is 0 Å². The fraction of sp³-hybridized carbons (Fsp3) is 0.345. The van der Waals surface area contributed by atoms with Crippen molar-refractivity contribution in [2.45, 2.75) is 37.7 Å². The van der Waals surface area contributed by atoms with E-state index >= 15 is 0 Å². The first kappa shape index (κ1) is 22.0. The van der Waals surface area contributed by atoms with Crippen LogP contribution in [0.25, 0.3) is 17.1 Å². The standard InChI is InChI=1S/C29H30N4O2/c1-19-23-14-15-24-27(29(23,16-25(35-3)26(19)34)21-10-6-4-7-11-21)31-28(20-17-30-32(2)18-20)33(24)22-12-8-5-9-13-22/h4-13,17-19,23,25H,14-16H2,1-3H3/t19-,23-,25?,29+/m0/s1. The Kier molecular flexibility index (Phi) is 5.22. The summed E-state index contributed by atoms with van der Waals surface area (Å²) in [6.45, 7) is 2.08. The minimum absolute atomic E-state index is 0.106. The lowest BCUT2D eigenvalue weighted by molar-refractivity contribution is -0.142. The van der Waals surface area contributed by atoms with Gasteiger partial charge in [-0.3, -0.25) is 14.0 Å². The van der Waals surface area contributed by atoms with E-state index in [4.69, 9.17) is 9.72 Å². The van der Waals surface area contributed by atoms with E-state index in [1.54, 1.807) is 7.11 Å². The number of Topliss-reactive ketones (excluding diaryl/α,β-unsaturated/α-hetero) is 1. The van der Waals surface area contributed by atoms with Crippen LogP contribution < -0.4 is 0 Å². The molecule has 0 radical (unpaired) electrons. The van der Waals surface area contributed by atoms with E-state index in [9.17, 15) is 4.79 Å². The first-order chi connectivity index (χ1) is 17.0. The summed E-state index contributed by atoms with van der Waals surface area (Å²) in [7, 11) is 3.58. The van der Waals surface area contributed by atoms with Crippen LogP contribution in [-0.4, -0.2) is 38.3 Å². The molecule has 178 valence electrons. The molecule has 2 aliphatic rings. The predicted molar refractivity (Wildman–Crippen MR) is 134 cm³/mol. The molecule has 35 heavy (non-hydrogen) atoms. The molecule has 6 nitrogen and oxygen atoms in total. The first-order valence-electron chi connectivity index (χ1n) is 12.3. The highest BCUT2D eigenvalue weighted by Gasteiger charge is 2.57. The number of ketones is 1. The second kappa shape index (κ2) is 8.31. The Morgan fingerprint density at radius 3 is 2.43 bits per heavy atom. The van der Waals surface area contributed by atoms with Gasteiger partial charge in [0, 0.05) is 43.1 Å². The molecule has 1 unspecified atom stereocenters. The number of nitrogens with zero attached hydrogens (tertiary/aromatic N) is 4. The number of hydrogen-bond donors (Lipinski definition) is 0. The van der Waals surface area contributed by atoms with E-state index in [1.165, 1.54) is 11.3 Å². The number of benzene rings is 2. The highest BCUT2D eigenvalue weighted by molar-refractivity contribution is 5.87. The van der Waals surface area contributed by atoms with Crippen molar-refractivity contribution in [3.8, 4) is 17.1 Å². The molecule has 1 fully saturated rings. The Morgan fingerprint density at radius 2 is 1.77 bits per heavy atom. The Bertz CT molecular complexity index is 1370. The molecule has 0 saturated heterocycles. The quantitative estimate of drug-likeness (QED) is 0.436. The van der Waals surface area contributed by atoms with Gasteiger partial charge in [-0.25, -0.2) is 4.98 Å². The highest BCUT2D eigenvalue weighted by atomic mass is 16.5. The van der Waals surface area contributed by atoms with Crippen molar-refractivity contribution >= 4 is 5.78 Å². The van der Waals surface area contributed by atoms with Gasteiger partial charge in [-0.05, 0) is 42.9 Å². The number of imidazole rings is 1. The lowest BCUT2D eigenvalue weighted by Gasteiger charge is -2.51. The zero-order chi connectivity index (χ0) is 24.2. The Hall–Kier alpha value is -3.51. The summed E-state index contributed by atoms with van der Waals surface area (Å²) in [5.41, 5.74) is 5.16. The van der Waals surface area contributed by atoms with E-state index in [0.29, 0.717) is 6.42 Å². The Morgan fingerprint density at radius 1 is 1.06 bits per heavy atom. The predicted octanol–water partition coefficient (Wildman–Crippen LogP) is 4.75. The van der Waals surface area contributed by atoms with Crippen molar-refractivity contribution in [3.63, 3.8) is 0 Å². The van der Waals surface area contributed by atoms with Crippen LogP contribution in [0.15, 0.2) is 73.1 Å². The number of ether oxygens (including phenoxy) is 1. The summed E-state index contributed by atoms with van der Waals surface area (Å²) >= 11 is 0. The van der Waals surface area contributed by atoms with Crippen molar-refractivity contribution in [1.29, 1.82) is 0 Å². The number of aromatic nitrogens is 4. The lowest BCUT2D eigenvalue weighted by atomic mass is 9.53. The van der Waals surface area contributed by atoms with Crippen LogP contribution in [0, 0.1) is 11.8 Å². The van der Waals surface area contributed by atoms with Gasteiger partial charge in [0.25, 0.3) is 0 Å². The lowest BCUT2D eigenvalue weighted by Crippen LogP contribution is -2.55. The molecule has 4 aromatic rings. The van der Waals surface area contributed by atoms with Crippen molar-refractivity contribution in [3.05, 3.63) is 90.0 Å². The van der Waals surface area contributed by atoms with E-state index in [-0.39, 0.29) is 17.6 Å². The van der Waals surface area contributed by atoms with Crippen molar-refractivity contribution in [1.82, 2.24) is 19.3 Å². The minimum atomic E-state index is -0.448. The SMILES string of the molecule is COC1C[C@]2(c3ccccc3)c3nc(-c4cnn(C)c4)n(-c4ccccc4)c3CC[C@H]2[C@H](C)C1=O. The Labute approximate surface area is 205 Å². The van der Waals surface area contributed by atoms with Gasteiger partial charge in [0.15, 0.2) is 5.78 Å². The molecule has 0 amide bonds. The van der Waals surface area contributed by atoms with Crippen LogP contribution in [0.2, 0.25) is 0 Å². The topological polar surface area (TPSA) is 61.9 Å². The molecule has 6 rings (SSSR count). The maximum absolute atomic E-state index is 13.3. The van der Waals surface area contributed by atoms with Gasteiger partial charge in [0.1, 0.15) is 11.9 Å². The summed E-state index contributed by atoms with van der Waals surface area (Å²) in [6.07, 6.45) is 5.85. The van der Waals surface area contributed by atoms with E-state index < -0.39 is 11.5 Å². The van der Waals surface area contributed by atoms with Crippen LogP contribution in [0.3, 0.4) is 0 Å². The third-order valence-corrected chi connectivity index (χ3v) is 8.15. The fourth-order valence-corrected chi connectivity index (χ4v) is 6.55. The summed E-state index contributed by atoms with van der Waals surface area (Å²) in [4.78, 5) is 18.7. The van der Waals surface area contributed by atoms with E-state index in [0.717, 1.165) is 35.6 Å². The van der Waals surface area contributed by atoms with Crippen LogP contribution >= 0.6 is 0 Å². The van der Waals surface area contributed by atoms with Crippen LogP contribution in [0.1, 0.15) is 36.7 Å². The van der Waals surface area contributed by atoms with Gasteiger partial charge in [-0.2, -0.15) is 5.10 Å². The average molecular weight is 467 g/mol. The zero-order valence-electron chi connectivity index (χ0n) is 20.4. The smallest absolute Gasteiger partial charge is 0.164 e. The molecule has 6 heteroatoms. The van der Waals surface area contributed by atoms with Crippen molar-refractivity contribution in [2.75, 3.05) is 7.11 Å². The molecular formula is C29H30N4O2. The van der Waals surface area contributed by atoms with Gasteiger partial charge < -0.3 is 4.74 Å². The molecule has 1 saturated carbocycles.